The maximum Gasteiger partial charge on any atom is 0.333 e. The Labute approximate surface area is 186 Å². The number of nitrogens with one attached hydrogen (secondary N) is 1. The minimum Gasteiger partial charge on any atom is -0.354 e. The molecule has 2 heterocycles. The summed E-state index contributed by atoms with van der Waals surface area (Å²) in [4.78, 5) is 43.3. The van der Waals surface area contributed by atoms with Crippen LogP contribution in [0.15, 0.2) is 57.9 Å². The number of amides is 1. The maximum absolute atomic E-state index is 13.2. The van der Waals surface area contributed by atoms with Crippen molar-refractivity contribution in [3.05, 3.63) is 74.7 Å². The minimum absolute atomic E-state index is 0.271. The molecule has 0 bridgehead atoms. The Kier molecular flexibility index (Phi) is 6.68. The first-order valence-electron chi connectivity index (χ1n) is 11.3. The summed E-state index contributed by atoms with van der Waals surface area (Å²) in [6.07, 6.45) is 9.23. The zero-order valence-electron chi connectivity index (χ0n) is 18.4. The van der Waals surface area contributed by atoms with Crippen molar-refractivity contribution in [1.82, 2.24) is 24.0 Å². The summed E-state index contributed by atoms with van der Waals surface area (Å²) in [6.45, 7) is 2.91. The van der Waals surface area contributed by atoms with Crippen LogP contribution in [0.5, 0.6) is 0 Å². The molecule has 3 aromatic rings. The van der Waals surface area contributed by atoms with E-state index in [-0.39, 0.29) is 19.0 Å². The van der Waals surface area contributed by atoms with E-state index in [1.807, 2.05) is 37.3 Å². The SMILES string of the molecule is CCn1cnc2c1c(=O)n(CC(=O)NCCC1=CCCCC1)c(=O)n2Cc1ccccc1. The fourth-order valence-electron chi connectivity index (χ4n) is 4.22. The molecule has 32 heavy (non-hydrogen) atoms. The summed E-state index contributed by atoms with van der Waals surface area (Å²) in [5.74, 6) is -0.339. The lowest BCUT2D eigenvalue weighted by molar-refractivity contribution is -0.121. The van der Waals surface area contributed by atoms with E-state index in [2.05, 4.69) is 16.4 Å². The Morgan fingerprint density at radius 3 is 2.66 bits per heavy atom. The molecule has 1 aromatic carbocycles. The van der Waals surface area contributed by atoms with Crippen LogP contribution < -0.4 is 16.6 Å². The van der Waals surface area contributed by atoms with Gasteiger partial charge in [-0.05, 0) is 44.6 Å². The highest BCUT2D eigenvalue weighted by molar-refractivity contribution is 5.76. The molecule has 1 aliphatic carbocycles. The van der Waals surface area contributed by atoms with Crippen molar-refractivity contribution in [2.75, 3.05) is 6.54 Å². The number of aromatic nitrogens is 4. The van der Waals surface area contributed by atoms with Crippen molar-refractivity contribution >= 4 is 17.1 Å². The Hall–Kier alpha value is -3.42. The first-order chi connectivity index (χ1) is 15.6. The smallest absolute Gasteiger partial charge is 0.333 e. The van der Waals surface area contributed by atoms with E-state index in [1.54, 1.807) is 10.9 Å². The Morgan fingerprint density at radius 1 is 1.12 bits per heavy atom. The lowest BCUT2D eigenvalue weighted by Crippen LogP contribution is -2.44. The second kappa shape index (κ2) is 9.80. The van der Waals surface area contributed by atoms with Crippen LogP contribution in [0.1, 0.15) is 44.6 Å². The summed E-state index contributed by atoms with van der Waals surface area (Å²) < 4.78 is 4.20. The molecule has 0 saturated carbocycles. The molecule has 0 aliphatic heterocycles. The van der Waals surface area contributed by atoms with Gasteiger partial charge in [-0.3, -0.25) is 14.2 Å². The maximum atomic E-state index is 13.2. The molecule has 0 unspecified atom stereocenters. The number of fused-ring (bicyclic) bond motifs is 1. The van der Waals surface area contributed by atoms with Gasteiger partial charge in [0, 0.05) is 13.1 Å². The molecule has 8 nitrogen and oxygen atoms in total. The number of hydrogen-bond donors (Lipinski definition) is 1. The number of carbonyl (C=O) groups is 1. The summed E-state index contributed by atoms with van der Waals surface area (Å²) in [7, 11) is 0. The Balaban J connectivity index is 1.61. The fraction of sp³-hybridized carbons (Fsp3) is 0.417. The van der Waals surface area contributed by atoms with Gasteiger partial charge in [0.15, 0.2) is 11.2 Å². The fourth-order valence-corrected chi connectivity index (χ4v) is 4.22. The van der Waals surface area contributed by atoms with Gasteiger partial charge < -0.3 is 9.88 Å². The topological polar surface area (TPSA) is 90.9 Å². The average molecular weight is 436 g/mol. The van der Waals surface area contributed by atoms with Gasteiger partial charge in [0.25, 0.3) is 5.56 Å². The van der Waals surface area contributed by atoms with Gasteiger partial charge in [0.05, 0.1) is 12.9 Å². The van der Waals surface area contributed by atoms with Crippen LogP contribution in [-0.2, 0) is 24.4 Å². The van der Waals surface area contributed by atoms with Crippen molar-refractivity contribution in [3.8, 4) is 0 Å². The first-order valence-corrected chi connectivity index (χ1v) is 11.3. The third-order valence-electron chi connectivity index (χ3n) is 5.96. The van der Waals surface area contributed by atoms with E-state index < -0.39 is 11.2 Å². The van der Waals surface area contributed by atoms with Crippen LogP contribution in [-0.4, -0.2) is 31.1 Å². The minimum atomic E-state index is -0.530. The number of carbonyl (C=O) groups excluding carboxylic acids is 1. The molecule has 0 atom stereocenters. The number of allylic oxidation sites excluding steroid dienone is 1. The highest BCUT2D eigenvalue weighted by atomic mass is 16.2. The highest BCUT2D eigenvalue weighted by Gasteiger charge is 2.19. The van der Waals surface area contributed by atoms with Gasteiger partial charge in [0.1, 0.15) is 6.54 Å². The van der Waals surface area contributed by atoms with E-state index in [1.165, 1.54) is 23.0 Å². The average Bonchev–Trinajstić information content (AvgIpc) is 3.25. The number of hydrogen-bond acceptors (Lipinski definition) is 4. The number of aryl methyl sites for hydroxylation is 1. The molecule has 0 saturated heterocycles. The molecule has 8 heteroatoms. The molecular formula is C24H29N5O3. The van der Waals surface area contributed by atoms with Crippen molar-refractivity contribution in [3.63, 3.8) is 0 Å². The van der Waals surface area contributed by atoms with E-state index in [9.17, 15) is 14.4 Å². The first kappa shape index (κ1) is 21.8. The standard InChI is InChI=1S/C24H29N5O3/c1-2-27-17-26-22-21(27)23(31)29(24(32)28(22)15-19-11-7-4-8-12-19)16-20(30)25-14-13-18-9-5-3-6-10-18/h4,7-9,11-12,17H,2-3,5-6,10,13-16H2,1H3,(H,25,30). The third kappa shape index (κ3) is 4.59. The summed E-state index contributed by atoms with van der Waals surface area (Å²) >= 11 is 0. The van der Waals surface area contributed by atoms with Crippen molar-refractivity contribution in [2.24, 2.45) is 0 Å². The van der Waals surface area contributed by atoms with E-state index in [4.69, 9.17) is 0 Å². The number of rotatable bonds is 8. The van der Waals surface area contributed by atoms with Gasteiger partial charge in [-0.2, -0.15) is 0 Å². The Morgan fingerprint density at radius 2 is 1.94 bits per heavy atom. The number of benzene rings is 1. The summed E-state index contributed by atoms with van der Waals surface area (Å²) in [5, 5.41) is 2.86. The molecule has 0 spiro atoms. The predicted octanol–water partition coefficient (Wildman–Crippen LogP) is 2.43. The monoisotopic (exact) mass is 435 g/mol. The zero-order chi connectivity index (χ0) is 22.5. The third-order valence-corrected chi connectivity index (χ3v) is 5.96. The molecule has 1 aliphatic rings. The van der Waals surface area contributed by atoms with Gasteiger partial charge >= 0.3 is 5.69 Å². The molecule has 4 rings (SSSR count). The molecular weight excluding hydrogens is 406 g/mol. The molecule has 0 fully saturated rings. The normalized spacial score (nSPS) is 13.8. The van der Waals surface area contributed by atoms with Gasteiger partial charge in [-0.15, -0.1) is 0 Å². The second-order valence-electron chi connectivity index (χ2n) is 8.16. The van der Waals surface area contributed by atoms with Crippen molar-refractivity contribution in [1.29, 1.82) is 0 Å². The molecule has 1 amide bonds. The van der Waals surface area contributed by atoms with Crippen molar-refractivity contribution in [2.45, 2.75) is 58.7 Å². The summed E-state index contributed by atoms with van der Waals surface area (Å²) in [5.41, 5.74) is 1.94. The highest BCUT2D eigenvalue weighted by Crippen LogP contribution is 2.19. The quantitative estimate of drug-likeness (QED) is 0.550. The van der Waals surface area contributed by atoms with Crippen LogP contribution >= 0.6 is 0 Å². The van der Waals surface area contributed by atoms with E-state index >= 15 is 0 Å². The molecule has 2 aromatic heterocycles. The van der Waals surface area contributed by atoms with Crippen molar-refractivity contribution < 1.29 is 4.79 Å². The lowest BCUT2D eigenvalue weighted by Gasteiger charge is -2.14. The van der Waals surface area contributed by atoms with Gasteiger partial charge in [0.2, 0.25) is 5.91 Å². The van der Waals surface area contributed by atoms with Crippen LogP contribution in [0.3, 0.4) is 0 Å². The zero-order valence-corrected chi connectivity index (χ0v) is 18.4. The largest absolute Gasteiger partial charge is 0.354 e. The van der Waals surface area contributed by atoms with E-state index in [0.29, 0.717) is 24.3 Å². The van der Waals surface area contributed by atoms with E-state index in [0.717, 1.165) is 29.4 Å². The molecule has 1 N–H and O–H groups in total. The van der Waals surface area contributed by atoms with Gasteiger partial charge in [-0.25, -0.2) is 14.3 Å². The second-order valence-corrected chi connectivity index (χ2v) is 8.16. The van der Waals surface area contributed by atoms with Crippen LogP contribution in [0.2, 0.25) is 0 Å². The van der Waals surface area contributed by atoms with Gasteiger partial charge in [-0.1, -0.05) is 42.0 Å². The predicted molar refractivity (Wildman–Crippen MR) is 124 cm³/mol. The lowest BCUT2D eigenvalue weighted by atomic mass is 9.97. The van der Waals surface area contributed by atoms with Crippen LogP contribution in [0.4, 0.5) is 0 Å². The molecule has 168 valence electrons. The molecule has 0 radical (unpaired) electrons. The number of imidazole rings is 1. The van der Waals surface area contributed by atoms with Crippen LogP contribution in [0, 0.1) is 0 Å². The van der Waals surface area contributed by atoms with Crippen LogP contribution in [0.25, 0.3) is 11.2 Å². The summed E-state index contributed by atoms with van der Waals surface area (Å²) in [6, 6.07) is 9.53. The number of nitrogens with zero attached hydrogens (tertiary/aromatic N) is 4. The Bertz CT molecular complexity index is 1250.